The van der Waals surface area contributed by atoms with Gasteiger partial charge in [0.05, 0.1) is 17.0 Å². The smallest absolute Gasteiger partial charge is 0.308 e. The molecule has 0 aromatic carbocycles. The summed E-state index contributed by atoms with van der Waals surface area (Å²) in [5.74, 6) is 0.137. The number of aromatic nitrogens is 1. The summed E-state index contributed by atoms with van der Waals surface area (Å²) >= 11 is 4.90. The molecule has 0 aliphatic rings. The van der Waals surface area contributed by atoms with Crippen LogP contribution in [0.3, 0.4) is 0 Å². The maximum Gasteiger partial charge on any atom is 0.308 e. The fraction of sp³-hybridized carbons (Fsp3) is 0.273. The van der Waals surface area contributed by atoms with Crippen LogP contribution in [0.25, 0.3) is 10.6 Å². The zero-order chi connectivity index (χ0) is 12.3. The van der Waals surface area contributed by atoms with Crippen LogP contribution in [0, 0.1) is 0 Å². The quantitative estimate of drug-likeness (QED) is 0.915. The number of carboxylic acid groups (broad SMARTS) is 1. The average Bonchev–Trinajstić information content (AvgIpc) is 2.86. The van der Waals surface area contributed by atoms with Crippen LogP contribution in [0.4, 0.5) is 0 Å². The maximum atomic E-state index is 10.6. The lowest BCUT2D eigenvalue weighted by Crippen LogP contribution is -1.96. The number of carboxylic acids is 1. The van der Waals surface area contributed by atoms with E-state index in [-0.39, 0.29) is 6.42 Å². The summed E-state index contributed by atoms with van der Waals surface area (Å²) in [7, 11) is 0. The summed E-state index contributed by atoms with van der Waals surface area (Å²) in [5.41, 5.74) is 0.959. The number of aliphatic carboxylic acids is 1. The molecule has 2 rings (SSSR count). The van der Waals surface area contributed by atoms with E-state index in [9.17, 15) is 4.79 Å². The number of hydrogen-bond donors (Lipinski definition) is 1. The predicted molar refractivity (Wildman–Crippen MR) is 74.0 cm³/mol. The maximum absolute atomic E-state index is 10.6. The first-order valence-corrected chi connectivity index (χ1v) is 8.02. The van der Waals surface area contributed by atoms with E-state index in [4.69, 9.17) is 5.11 Å². The van der Waals surface area contributed by atoms with Crippen LogP contribution in [0.5, 0.6) is 0 Å². The number of thioether (sulfide) groups is 1. The second-order valence-electron chi connectivity index (χ2n) is 3.40. The van der Waals surface area contributed by atoms with Gasteiger partial charge in [-0.15, -0.1) is 22.7 Å². The van der Waals surface area contributed by atoms with Crippen molar-refractivity contribution in [1.29, 1.82) is 0 Å². The third-order valence-electron chi connectivity index (χ3n) is 2.06. The minimum atomic E-state index is -0.792. The molecule has 3 nitrogen and oxygen atoms in total. The van der Waals surface area contributed by atoms with Crippen molar-refractivity contribution in [3.8, 4) is 10.6 Å². The molecule has 2 aromatic rings. The Morgan fingerprint density at radius 3 is 3.06 bits per heavy atom. The van der Waals surface area contributed by atoms with Crippen LogP contribution in [0.2, 0.25) is 0 Å². The minimum absolute atomic E-state index is 0.0898. The Morgan fingerprint density at radius 2 is 2.35 bits per heavy atom. The number of nitrogens with zero attached hydrogens (tertiary/aromatic N) is 1. The molecular formula is C11H11NO2S3. The van der Waals surface area contributed by atoms with Gasteiger partial charge < -0.3 is 5.11 Å². The number of thiazole rings is 1. The highest BCUT2D eigenvalue weighted by Crippen LogP contribution is 2.30. The summed E-state index contributed by atoms with van der Waals surface area (Å²) in [6.45, 7) is 0. The third kappa shape index (κ3) is 3.31. The summed E-state index contributed by atoms with van der Waals surface area (Å²) in [6, 6.07) is 3.81. The van der Waals surface area contributed by atoms with Crippen LogP contribution >= 0.6 is 34.4 Å². The topological polar surface area (TPSA) is 50.2 Å². The highest BCUT2D eigenvalue weighted by molar-refractivity contribution is 7.97. The van der Waals surface area contributed by atoms with Crippen molar-refractivity contribution in [3.63, 3.8) is 0 Å². The van der Waals surface area contributed by atoms with Crippen LogP contribution in [0.15, 0.2) is 17.5 Å². The normalized spacial score (nSPS) is 10.6. The predicted octanol–water partition coefficient (Wildman–Crippen LogP) is 3.36. The van der Waals surface area contributed by atoms with Gasteiger partial charge in [-0.2, -0.15) is 11.8 Å². The average molecular weight is 285 g/mol. The summed E-state index contributed by atoms with van der Waals surface area (Å²) in [4.78, 5) is 17.0. The molecule has 2 heterocycles. The van der Waals surface area contributed by atoms with E-state index in [0.29, 0.717) is 0 Å². The molecule has 0 unspecified atom stereocenters. The molecule has 0 atom stereocenters. The Labute approximate surface area is 112 Å². The lowest BCUT2D eigenvalue weighted by atomic mass is 10.3. The van der Waals surface area contributed by atoms with Crippen LogP contribution < -0.4 is 0 Å². The number of rotatable bonds is 5. The van der Waals surface area contributed by atoms with E-state index in [1.165, 1.54) is 11.3 Å². The van der Waals surface area contributed by atoms with Gasteiger partial charge in [0.25, 0.3) is 0 Å². The van der Waals surface area contributed by atoms with Crippen molar-refractivity contribution in [2.45, 2.75) is 12.2 Å². The fourth-order valence-electron chi connectivity index (χ4n) is 1.37. The van der Waals surface area contributed by atoms with Crippen molar-refractivity contribution in [2.75, 3.05) is 6.26 Å². The molecule has 0 fully saturated rings. The fourth-order valence-corrected chi connectivity index (χ4v) is 3.92. The minimum Gasteiger partial charge on any atom is -0.481 e. The Balaban J connectivity index is 2.15. The van der Waals surface area contributed by atoms with E-state index in [0.717, 1.165) is 26.2 Å². The largest absolute Gasteiger partial charge is 0.481 e. The molecule has 0 aliphatic heterocycles. The molecule has 0 radical (unpaired) electrons. The Kier molecular flexibility index (Phi) is 4.20. The Bertz CT molecular complexity index is 518. The van der Waals surface area contributed by atoms with Gasteiger partial charge in [-0.25, -0.2) is 4.98 Å². The van der Waals surface area contributed by atoms with E-state index >= 15 is 0 Å². The monoisotopic (exact) mass is 285 g/mol. The van der Waals surface area contributed by atoms with Gasteiger partial charge in [0.2, 0.25) is 0 Å². The molecule has 0 spiro atoms. The zero-order valence-electron chi connectivity index (χ0n) is 9.17. The van der Waals surface area contributed by atoms with Crippen LogP contribution in [-0.4, -0.2) is 22.3 Å². The number of thiophene rings is 1. The molecule has 0 amide bonds. The van der Waals surface area contributed by atoms with Gasteiger partial charge in [-0.1, -0.05) is 0 Å². The molecule has 1 N–H and O–H groups in total. The van der Waals surface area contributed by atoms with Gasteiger partial charge >= 0.3 is 5.97 Å². The standard InChI is InChI=1S/C11H11NO2S3/c1-15-6-10-12-8(5-16-10)9-3-2-7(17-9)4-11(13)14/h2-3,5H,4,6H2,1H3,(H,13,14). The van der Waals surface area contributed by atoms with E-state index < -0.39 is 5.97 Å². The second kappa shape index (κ2) is 5.66. The highest BCUT2D eigenvalue weighted by Gasteiger charge is 2.09. The molecular weight excluding hydrogens is 274 g/mol. The lowest BCUT2D eigenvalue weighted by Gasteiger charge is -1.90. The first kappa shape index (κ1) is 12.6. The van der Waals surface area contributed by atoms with Gasteiger partial charge in [-0.05, 0) is 18.4 Å². The third-order valence-corrected chi connectivity index (χ3v) is 4.76. The number of carbonyl (C=O) groups is 1. The highest BCUT2D eigenvalue weighted by atomic mass is 32.2. The van der Waals surface area contributed by atoms with Gasteiger partial charge in [0, 0.05) is 16.0 Å². The zero-order valence-corrected chi connectivity index (χ0v) is 11.6. The van der Waals surface area contributed by atoms with Crippen molar-refractivity contribution >= 4 is 40.4 Å². The summed E-state index contributed by atoms with van der Waals surface area (Å²) in [5, 5.41) is 11.9. The SMILES string of the molecule is CSCc1nc(-c2ccc(CC(=O)O)s2)cs1. The van der Waals surface area contributed by atoms with Gasteiger partial charge in [-0.3, -0.25) is 4.79 Å². The molecule has 0 saturated carbocycles. The van der Waals surface area contributed by atoms with Crippen LogP contribution in [0.1, 0.15) is 9.88 Å². The summed E-state index contributed by atoms with van der Waals surface area (Å²) < 4.78 is 0. The van der Waals surface area contributed by atoms with Crippen molar-refractivity contribution in [1.82, 2.24) is 4.98 Å². The Hall–Kier alpha value is -0.850. The van der Waals surface area contributed by atoms with E-state index in [1.807, 2.05) is 17.5 Å². The molecule has 0 aliphatic carbocycles. The van der Waals surface area contributed by atoms with Crippen molar-refractivity contribution in [2.24, 2.45) is 0 Å². The first-order valence-electron chi connectivity index (χ1n) is 4.93. The molecule has 6 heteroatoms. The molecule has 2 aromatic heterocycles. The molecule has 0 bridgehead atoms. The van der Waals surface area contributed by atoms with Crippen LogP contribution in [-0.2, 0) is 17.0 Å². The second-order valence-corrected chi connectivity index (χ2v) is 6.37. The Morgan fingerprint density at radius 1 is 1.53 bits per heavy atom. The molecule has 17 heavy (non-hydrogen) atoms. The summed E-state index contributed by atoms with van der Waals surface area (Å²) in [6.07, 6.45) is 2.14. The van der Waals surface area contributed by atoms with Gasteiger partial charge in [0.15, 0.2) is 0 Å². The number of hydrogen-bond acceptors (Lipinski definition) is 5. The molecule has 0 saturated heterocycles. The van der Waals surface area contributed by atoms with E-state index in [1.54, 1.807) is 23.1 Å². The van der Waals surface area contributed by atoms with Crippen molar-refractivity contribution in [3.05, 3.63) is 27.4 Å². The van der Waals surface area contributed by atoms with E-state index in [2.05, 4.69) is 11.2 Å². The lowest BCUT2D eigenvalue weighted by molar-refractivity contribution is -0.136. The first-order chi connectivity index (χ1) is 8.19. The molecule has 90 valence electrons. The van der Waals surface area contributed by atoms with Crippen molar-refractivity contribution < 1.29 is 9.90 Å². The van der Waals surface area contributed by atoms with Gasteiger partial charge in [0.1, 0.15) is 5.01 Å².